The monoisotopic (exact) mass is 292 g/mol. The zero-order chi connectivity index (χ0) is 15.5. The highest BCUT2D eigenvalue weighted by Gasteiger charge is 2.10. The smallest absolute Gasteiger partial charge is 0.280 e. The van der Waals surface area contributed by atoms with Crippen LogP contribution in [-0.4, -0.2) is 16.0 Å². The second-order valence-corrected chi connectivity index (χ2v) is 4.98. The summed E-state index contributed by atoms with van der Waals surface area (Å²) in [6.45, 7) is 1.85. The highest BCUT2D eigenvalue weighted by Crippen LogP contribution is 2.14. The van der Waals surface area contributed by atoms with Gasteiger partial charge in [-0.05, 0) is 43.3 Å². The number of benzene rings is 2. The SMILES string of the molecule is Cc1[nH]n(-c2ccccc2)c(=O)c1C=Nc1ccc(N)cc1. The van der Waals surface area contributed by atoms with Gasteiger partial charge in [0.2, 0.25) is 0 Å². The predicted octanol–water partition coefficient (Wildman–Crippen LogP) is 2.81. The van der Waals surface area contributed by atoms with E-state index in [1.807, 2.05) is 49.4 Å². The first kappa shape index (κ1) is 13.9. The van der Waals surface area contributed by atoms with Crippen LogP contribution in [0.5, 0.6) is 0 Å². The first-order valence-electron chi connectivity index (χ1n) is 6.92. The van der Waals surface area contributed by atoms with Gasteiger partial charge >= 0.3 is 0 Å². The lowest BCUT2D eigenvalue weighted by Gasteiger charge is -1.99. The molecule has 0 aliphatic carbocycles. The number of nitrogen functional groups attached to an aromatic ring is 1. The van der Waals surface area contributed by atoms with Gasteiger partial charge in [0.1, 0.15) is 0 Å². The molecule has 2 aromatic carbocycles. The molecule has 0 radical (unpaired) electrons. The molecule has 3 aromatic rings. The molecule has 1 heterocycles. The van der Waals surface area contributed by atoms with Gasteiger partial charge in [-0.3, -0.25) is 14.9 Å². The maximum atomic E-state index is 12.5. The number of hydrogen-bond donors (Lipinski definition) is 2. The van der Waals surface area contributed by atoms with Crippen LogP contribution in [0.25, 0.3) is 5.69 Å². The highest BCUT2D eigenvalue weighted by atomic mass is 16.1. The number of para-hydroxylation sites is 1. The van der Waals surface area contributed by atoms with E-state index in [1.54, 1.807) is 18.3 Å². The quantitative estimate of drug-likeness (QED) is 0.575. The number of nitrogens with two attached hydrogens (primary N) is 1. The van der Waals surface area contributed by atoms with Crippen LogP contribution in [0.4, 0.5) is 11.4 Å². The van der Waals surface area contributed by atoms with Crippen LogP contribution in [0.15, 0.2) is 64.4 Å². The number of H-pyrrole nitrogens is 1. The summed E-state index contributed by atoms with van der Waals surface area (Å²) in [6, 6.07) is 16.6. The topological polar surface area (TPSA) is 76.2 Å². The minimum absolute atomic E-state index is 0.122. The molecule has 5 nitrogen and oxygen atoms in total. The van der Waals surface area contributed by atoms with Crippen molar-refractivity contribution in [2.24, 2.45) is 4.99 Å². The summed E-state index contributed by atoms with van der Waals surface area (Å²) >= 11 is 0. The van der Waals surface area contributed by atoms with Crippen LogP contribution in [0.1, 0.15) is 11.3 Å². The number of anilines is 1. The minimum Gasteiger partial charge on any atom is -0.399 e. The van der Waals surface area contributed by atoms with E-state index in [0.717, 1.165) is 17.1 Å². The Morgan fingerprint density at radius 1 is 1.09 bits per heavy atom. The van der Waals surface area contributed by atoms with Gasteiger partial charge in [-0.25, -0.2) is 4.68 Å². The van der Waals surface area contributed by atoms with E-state index in [0.29, 0.717) is 11.3 Å². The Labute approximate surface area is 127 Å². The van der Waals surface area contributed by atoms with Gasteiger partial charge in [0.25, 0.3) is 5.56 Å². The first-order chi connectivity index (χ1) is 10.6. The lowest BCUT2D eigenvalue weighted by atomic mass is 10.2. The third-order valence-electron chi connectivity index (χ3n) is 3.37. The Hall–Kier alpha value is -3.08. The van der Waals surface area contributed by atoms with Crippen molar-refractivity contribution >= 4 is 17.6 Å². The van der Waals surface area contributed by atoms with Crippen molar-refractivity contribution < 1.29 is 0 Å². The third-order valence-corrected chi connectivity index (χ3v) is 3.37. The van der Waals surface area contributed by atoms with E-state index in [1.165, 1.54) is 4.68 Å². The Morgan fingerprint density at radius 2 is 1.77 bits per heavy atom. The van der Waals surface area contributed by atoms with E-state index >= 15 is 0 Å². The molecule has 0 amide bonds. The zero-order valence-corrected chi connectivity index (χ0v) is 12.2. The number of aromatic nitrogens is 2. The molecule has 0 unspecified atom stereocenters. The average molecular weight is 292 g/mol. The summed E-state index contributed by atoms with van der Waals surface area (Å²) in [4.78, 5) is 16.8. The van der Waals surface area contributed by atoms with Crippen molar-refractivity contribution in [3.8, 4) is 5.69 Å². The molecule has 5 heteroatoms. The largest absolute Gasteiger partial charge is 0.399 e. The van der Waals surface area contributed by atoms with E-state index < -0.39 is 0 Å². The summed E-state index contributed by atoms with van der Waals surface area (Å²) in [5.41, 5.74) is 9.06. The molecule has 0 aliphatic heterocycles. The van der Waals surface area contributed by atoms with Crippen LogP contribution >= 0.6 is 0 Å². The van der Waals surface area contributed by atoms with Gasteiger partial charge in [-0.2, -0.15) is 0 Å². The second-order valence-electron chi connectivity index (χ2n) is 4.98. The molecule has 3 rings (SSSR count). The number of aromatic amines is 1. The number of aliphatic imine (C=N–C) groups is 1. The predicted molar refractivity (Wildman–Crippen MR) is 89.2 cm³/mol. The Kier molecular flexibility index (Phi) is 3.62. The van der Waals surface area contributed by atoms with Gasteiger partial charge in [0, 0.05) is 17.6 Å². The number of nitrogens with zero attached hydrogens (tertiary/aromatic N) is 2. The molecule has 0 spiro atoms. The Bertz CT molecular complexity index is 858. The van der Waals surface area contributed by atoms with Gasteiger partial charge in [-0.15, -0.1) is 0 Å². The summed E-state index contributed by atoms with van der Waals surface area (Å²) in [5, 5.41) is 3.07. The molecule has 0 saturated heterocycles. The fraction of sp³-hybridized carbons (Fsp3) is 0.0588. The molecular formula is C17H16N4O. The summed E-state index contributed by atoms with van der Waals surface area (Å²) in [5.74, 6) is 0. The van der Waals surface area contributed by atoms with Crippen molar-refractivity contribution in [2.45, 2.75) is 6.92 Å². The molecular weight excluding hydrogens is 276 g/mol. The van der Waals surface area contributed by atoms with Crippen molar-refractivity contribution in [1.82, 2.24) is 9.78 Å². The molecule has 0 bridgehead atoms. The van der Waals surface area contributed by atoms with Gasteiger partial charge in [-0.1, -0.05) is 18.2 Å². The van der Waals surface area contributed by atoms with Crippen molar-refractivity contribution in [1.29, 1.82) is 0 Å². The minimum atomic E-state index is -0.122. The number of rotatable bonds is 3. The first-order valence-corrected chi connectivity index (χ1v) is 6.92. The van der Waals surface area contributed by atoms with Crippen LogP contribution < -0.4 is 11.3 Å². The van der Waals surface area contributed by atoms with Gasteiger partial charge in [0.15, 0.2) is 0 Å². The number of nitrogens with one attached hydrogen (secondary N) is 1. The molecule has 3 N–H and O–H groups in total. The van der Waals surface area contributed by atoms with E-state index in [9.17, 15) is 4.79 Å². The van der Waals surface area contributed by atoms with Crippen LogP contribution in [0.2, 0.25) is 0 Å². The maximum absolute atomic E-state index is 12.5. The van der Waals surface area contributed by atoms with Crippen molar-refractivity contribution in [3.05, 3.63) is 76.2 Å². The Morgan fingerprint density at radius 3 is 2.45 bits per heavy atom. The Balaban J connectivity index is 1.97. The molecule has 1 aromatic heterocycles. The van der Waals surface area contributed by atoms with Crippen LogP contribution in [0.3, 0.4) is 0 Å². The van der Waals surface area contributed by atoms with E-state index in [2.05, 4.69) is 10.1 Å². The lowest BCUT2D eigenvalue weighted by molar-refractivity contribution is 0.835. The second kappa shape index (κ2) is 5.73. The number of hydrogen-bond acceptors (Lipinski definition) is 3. The van der Waals surface area contributed by atoms with Crippen LogP contribution in [-0.2, 0) is 0 Å². The molecule has 22 heavy (non-hydrogen) atoms. The summed E-state index contributed by atoms with van der Waals surface area (Å²) in [6.07, 6.45) is 1.58. The molecule has 0 atom stereocenters. The molecule has 0 aliphatic rings. The van der Waals surface area contributed by atoms with Crippen molar-refractivity contribution in [3.63, 3.8) is 0 Å². The lowest BCUT2D eigenvalue weighted by Crippen LogP contribution is -2.17. The average Bonchev–Trinajstić information content (AvgIpc) is 2.82. The fourth-order valence-corrected chi connectivity index (χ4v) is 2.17. The third kappa shape index (κ3) is 2.69. The van der Waals surface area contributed by atoms with E-state index in [4.69, 9.17) is 5.73 Å². The zero-order valence-electron chi connectivity index (χ0n) is 12.2. The normalized spacial score (nSPS) is 11.1. The molecule has 0 fully saturated rings. The molecule has 110 valence electrons. The fourth-order valence-electron chi connectivity index (χ4n) is 2.17. The van der Waals surface area contributed by atoms with E-state index in [-0.39, 0.29) is 5.56 Å². The van der Waals surface area contributed by atoms with Crippen molar-refractivity contribution in [2.75, 3.05) is 5.73 Å². The highest BCUT2D eigenvalue weighted by molar-refractivity contribution is 5.83. The van der Waals surface area contributed by atoms with Gasteiger partial charge in [0.05, 0.1) is 16.9 Å². The molecule has 0 saturated carbocycles. The summed E-state index contributed by atoms with van der Waals surface area (Å²) in [7, 11) is 0. The maximum Gasteiger partial charge on any atom is 0.280 e. The number of aryl methyl sites for hydroxylation is 1. The van der Waals surface area contributed by atoms with Gasteiger partial charge < -0.3 is 5.73 Å². The van der Waals surface area contributed by atoms with Crippen LogP contribution in [0, 0.1) is 6.92 Å². The standard InChI is InChI=1S/C17H16N4O/c1-12-16(11-19-14-9-7-13(18)8-10-14)17(22)21(20-12)15-5-3-2-4-6-15/h2-11,20H,18H2,1H3. The summed E-state index contributed by atoms with van der Waals surface area (Å²) < 4.78 is 1.51.